The van der Waals surface area contributed by atoms with Gasteiger partial charge in [-0.3, -0.25) is 4.90 Å². The normalized spacial score (nSPS) is 22.6. The Morgan fingerprint density at radius 3 is 2.86 bits per heavy atom. The number of benzene rings is 1. The Bertz CT molecular complexity index is 854. The quantitative estimate of drug-likeness (QED) is 0.839. The molecule has 1 aliphatic heterocycles. The standard InChI is InChI=1S/C20H24FN5O2/c21-17-12-23-19(24-15-7-5-14(22)6-8-15)25-18(17)13-3-1-4-16(11-13)26-9-2-10-28-20(26)27/h1,3-4,11-12,14-15H,2,5-10,22H2,(H,23,24,25)/t14-,15-. The lowest BCUT2D eigenvalue weighted by atomic mass is 9.92. The Kier molecular flexibility index (Phi) is 5.38. The molecule has 1 amide bonds. The first kappa shape index (κ1) is 18.6. The second kappa shape index (κ2) is 8.10. The first-order valence-corrected chi connectivity index (χ1v) is 9.69. The van der Waals surface area contributed by atoms with Gasteiger partial charge >= 0.3 is 6.09 Å². The summed E-state index contributed by atoms with van der Waals surface area (Å²) in [6.07, 6.45) is 5.37. The number of nitrogens with one attached hydrogen (secondary N) is 1. The zero-order valence-electron chi connectivity index (χ0n) is 15.6. The van der Waals surface area contributed by atoms with Crippen molar-refractivity contribution in [3.8, 4) is 11.3 Å². The van der Waals surface area contributed by atoms with E-state index >= 15 is 0 Å². The van der Waals surface area contributed by atoms with Crippen molar-refractivity contribution >= 4 is 17.7 Å². The molecular formula is C20H24FN5O2. The molecule has 2 aliphatic rings. The molecule has 0 unspecified atom stereocenters. The largest absolute Gasteiger partial charge is 0.449 e. The Labute approximate surface area is 163 Å². The average molecular weight is 385 g/mol. The maximum absolute atomic E-state index is 14.5. The SMILES string of the molecule is N[C@H]1CC[C@H](Nc2ncc(F)c(-c3cccc(N4CCCOC4=O)c3)n2)CC1. The molecule has 2 aromatic rings. The number of cyclic esters (lactones) is 1. The number of hydrogen-bond acceptors (Lipinski definition) is 6. The van der Waals surface area contributed by atoms with Gasteiger partial charge in [0.05, 0.1) is 12.8 Å². The number of nitrogens with two attached hydrogens (primary N) is 1. The highest BCUT2D eigenvalue weighted by atomic mass is 19.1. The van der Waals surface area contributed by atoms with Gasteiger partial charge in [0, 0.05) is 29.9 Å². The number of hydrogen-bond donors (Lipinski definition) is 2. The van der Waals surface area contributed by atoms with Crippen molar-refractivity contribution < 1.29 is 13.9 Å². The van der Waals surface area contributed by atoms with Crippen molar-refractivity contribution in [3.05, 3.63) is 36.3 Å². The van der Waals surface area contributed by atoms with Gasteiger partial charge in [-0.2, -0.15) is 0 Å². The first-order valence-electron chi connectivity index (χ1n) is 9.69. The highest BCUT2D eigenvalue weighted by molar-refractivity contribution is 5.89. The zero-order chi connectivity index (χ0) is 19.5. The van der Waals surface area contributed by atoms with Crippen LogP contribution < -0.4 is 16.0 Å². The van der Waals surface area contributed by atoms with Crippen LogP contribution in [0.1, 0.15) is 32.1 Å². The van der Waals surface area contributed by atoms with E-state index in [9.17, 15) is 9.18 Å². The molecule has 1 saturated heterocycles. The number of ether oxygens (including phenoxy) is 1. The Balaban J connectivity index is 1.56. The Morgan fingerprint density at radius 2 is 2.07 bits per heavy atom. The minimum Gasteiger partial charge on any atom is -0.449 e. The fraction of sp³-hybridized carbons (Fsp3) is 0.450. The maximum Gasteiger partial charge on any atom is 0.414 e. The van der Waals surface area contributed by atoms with Crippen molar-refractivity contribution in [2.24, 2.45) is 5.73 Å². The summed E-state index contributed by atoms with van der Waals surface area (Å²) >= 11 is 0. The third kappa shape index (κ3) is 4.06. The molecule has 4 rings (SSSR count). The van der Waals surface area contributed by atoms with E-state index in [0.29, 0.717) is 30.4 Å². The minimum absolute atomic E-state index is 0.206. The predicted molar refractivity (Wildman–Crippen MR) is 105 cm³/mol. The van der Waals surface area contributed by atoms with Crippen LogP contribution in [0, 0.1) is 5.82 Å². The van der Waals surface area contributed by atoms with Gasteiger partial charge in [-0.1, -0.05) is 12.1 Å². The second-order valence-electron chi connectivity index (χ2n) is 7.32. The van der Waals surface area contributed by atoms with Crippen LogP contribution >= 0.6 is 0 Å². The lowest BCUT2D eigenvalue weighted by molar-refractivity contribution is 0.140. The van der Waals surface area contributed by atoms with Crippen LogP contribution in [0.3, 0.4) is 0 Å². The number of nitrogens with zero attached hydrogens (tertiary/aromatic N) is 3. The van der Waals surface area contributed by atoms with E-state index in [1.165, 1.54) is 6.20 Å². The average Bonchev–Trinajstić information content (AvgIpc) is 2.71. The van der Waals surface area contributed by atoms with Gasteiger partial charge in [0.2, 0.25) is 5.95 Å². The first-order chi connectivity index (χ1) is 13.6. The van der Waals surface area contributed by atoms with Gasteiger partial charge in [-0.25, -0.2) is 19.2 Å². The fourth-order valence-electron chi connectivity index (χ4n) is 3.69. The predicted octanol–water partition coefficient (Wildman–Crippen LogP) is 3.31. The van der Waals surface area contributed by atoms with Gasteiger partial charge in [0.15, 0.2) is 5.82 Å². The number of aromatic nitrogens is 2. The Morgan fingerprint density at radius 1 is 1.25 bits per heavy atom. The fourth-order valence-corrected chi connectivity index (χ4v) is 3.69. The summed E-state index contributed by atoms with van der Waals surface area (Å²) in [5.74, 6) is -0.103. The molecule has 1 aromatic carbocycles. The van der Waals surface area contributed by atoms with Crippen LogP contribution in [0.2, 0.25) is 0 Å². The number of rotatable bonds is 4. The van der Waals surface area contributed by atoms with Gasteiger partial charge in [0.1, 0.15) is 5.69 Å². The van der Waals surface area contributed by atoms with E-state index < -0.39 is 5.82 Å². The third-order valence-corrected chi connectivity index (χ3v) is 5.25. The molecule has 2 fully saturated rings. The van der Waals surface area contributed by atoms with Crippen molar-refractivity contribution in [1.82, 2.24) is 9.97 Å². The molecule has 28 heavy (non-hydrogen) atoms. The van der Waals surface area contributed by atoms with E-state index in [-0.39, 0.29) is 23.9 Å². The van der Waals surface area contributed by atoms with E-state index in [2.05, 4.69) is 15.3 Å². The third-order valence-electron chi connectivity index (χ3n) is 5.25. The van der Waals surface area contributed by atoms with Crippen molar-refractivity contribution in [2.45, 2.75) is 44.2 Å². The van der Waals surface area contributed by atoms with Crippen LogP contribution in [-0.4, -0.2) is 41.3 Å². The molecule has 7 nitrogen and oxygen atoms in total. The molecule has 0 spiro atoms. The number of amides is 1. The van der Waals surface area contributed by atoms with Gasteiger partial charge in [-0.15, -0.1) is 0 Å². The summed E-state index contributed by atoms with van der Waals surface area (Å²) in [6, 6.07) is 7.61. The highest BCUT2D eigenvalue weighted by Crippen LogP contribution is 2.28. The number of carbonyl (C=O) groups is 1. The summed E-state index contributed by atoms with van der Waals surface area (Å²) in [5, 5.41) is 3.29. The summed E-state index contributed by atoms with van der Waals surface area (Å²) < 4.78 is 19.6. The van der Waals surface area contributed by atoms with E-state index in [0.717, 1.165) is 32.1 Å². The van der Waals surface area contributed by atoms with E-state index in [1.54, 1.807) is 29.2 Å². The van der Waals surface area contributed by atoms with Crippen molar-refractivity contribution in [2.75, 3.05) is 23.4 Å². The lowest BCUT2D eigenvalue weighted by Crippen LogP contribution is -2.37. The smallest absolute Gasteiger partial charge is 0.414 e. The summed E-state index contributed by atoms with van der Waals surface area (Å²) in [6.45, 7) is 1.00. The van der Waals surface area contributed by atoms with Crippen LogP contribution in [0.4, 0.5) is 20.8 Å². The van der Waals surface area contributed by atoms with Crippen LogP contribution in [0.25, 0.3) is 11.3 Å². The Hall–Kier alpha value is -2.74. The van der Waals surface area contributed by atoms with E-state index in [4.69, 9.17) is 10.5 Å². The zero-order valence-corrected chi connectivity index (χ0v) is 15.6. The monoisotopic (exact) mass is 385 g/mol. The molecule has 3 N–H and O–H groups in total. The van der Waals surface area contributed by atoms with E-state index in [1.807, 2.05) is 0 Å². The molecule has 1 aliphatic carbocycles. The minimum atomic E-state index is -0.505. The molecule has 0 atom stereocenters. The second-order valence-corrected chi connectivity index (χ2v) is 7.32. The molecule has 1 aromatic heterocycles. The van der Waals surface area contributed by atoms with Crippen LogP contribution in [0.15, 0.2) is 30.5 Å². The molecule has 8 heteroatoms. The number of anilines is 2. The van der Waals surface area contributed by atoms with Crippen molar-refractivity contribution in [1.29, 1.82) is 0 Å². The topological polar surface area (TPSA) is 93.4 Å². The van der Waals surface area contributed by atoms with Gasteiger partial charge in [-0.05, 0) is 44.2 Å². The lowest BCUT2D eigenvalue weighted by Gasteiger charge is -2.27. The van der Waals surface area contributed by atoms with Gasteiger partial charge in [0.25, 0.3) is 0 Å². The molecule has 0 bridgehead atoms. The van der Waals surface area contributed by atoms with Crippen LogP contribution in [0.5, 0.6) is 0 Å². The summed E-state index contributed by atoms with van der Waals surface area (Å²) in [5.41, 5.74) is 7.41. The number of carbonyl (C=O) groups excluding carboxylic acids is 1. The highest BCUT2D eigenvalue weighted by Gasteiger charge is 2.23. The molecule has 2 heterocycles. The molecular weight excluding hydrogens is 361 g/mol. The molecule has 0 radical (unpaired) electrons. The maximum atomic E-state index is 14.5. The molecule has 148 valence electrons. The van der Waals surface area contributed by atoms with Gasteiger partial charge < -0.3 is 15.8 Å². The summed E-state index contributed by atoms with van der Waals surface area (Å²) in [7, 11) is 0. The van der Waals surface area contributed by atoms with Crippen molar-refractivity contribution in [3.63, 3.8) is 0 Å². The number of halogens is 1. The van der Waals surface area contributed by atoms with Crippen LogP contribution in [-0.2, 0) is 4.74 Å². The molecule has 1 saturated carbocycles. The summed E-state index contributed by atoms with van der Waals surface area (Å²) in [4.78, 5) is 22.0.